The first-order valence-corrected chi connectivity index (χ1v) is 8.26. The van der Waals surface area contributed by atoms with Gasteiger partial charge >= 0.3 is 0 Å². The molecule has 2 aliphatic rings. The van der Waals surface area contributed by atoms with Gasteiger partial charge in [-0.3, -0.25) is 4.79 Å². The number of amides is 1. The summed E-state index contributed by atoms with van der Waals surface area (Å²) in [6, 6.07) is 4.53. The average Bonchev–Trinajstić information content (AvgIpc) is 3.08. The molecule has 0 spiro atoms. The summed E-state index contributed by atoms with van der Waals surface area (Å²) in [5.74, 6) is 1.16. The lowest BCUT2D eigenvalue weighted by Gasteiger charge is -2.38. The van der Waals surface area contributed by atoms with Crippen LogP contribution in [0.2, 0.25) is 0 Å². The molecule has 0 saturated carbocycles. The average molecular weight is 303 g/mol. The topological polar surface area (TPSA) is 61.4 Å². The van der Waals surface area contributed by atoms with Gasteiger partial charge in [0.2, 0.25) is 5.91 Å². The third-order valence-electron chi connectivity index (χ3n) is 4.80. The zero-order valence-electron chi connectivity index (χ0n) is 13.2. The highest BCUT2D eigenvalue weighted by Crippen LogP contribution is 2.21. The maximum absolute atomic E-state index is 12.5. The fraction of sp³-hybridized carbons (Fsp3) is 0.688. The van der Waals surface area contributed by atoms with Crippen molar-refractivity contribution < 1.29 is 4.79 Å². The second kappa shape index (κ2) is 7.05. The summed E-state index contributed by atoms with van der Waals surface area (Å²) < 4.78 is 0. The predicted octanol–water partition coefficient (Wildman–Crippen LogP) is 1.05. The van der Waals surface area contributed by atoms with Crippen LogP contribution in [0.3, 0.4) is 0 Å². The first kappa shape index (κ1) is 15.2. The third-order valence-corrected chi connectivity index (χ3v) is 4.80. The van der Waals surface area contributed by atoms with Gasteiger partial charge in [-0.05, 0) is 44.4 Å². The Kier molecular flexibility index (Phi) is 4.87. The molecule has 120 valence electrons. The zero-order valence-corrected chi connectivity index (χ0v) is 13.2. The van der Waals surface area contributed by atoms with Crippen LogP contribution in [0.25, 0.3) is 0 Å². The fourth-order valence-corrected chi connectivity index (χ4v) is 3.43. The number of nitrogens with zero attached hydrogens (tertiary/aromatic N) is 4. The van der Waals surface area contributed by atoms with Crippen molar-refractivity contribution in [3.8, 4) is 0 Å². The van der Waals surface area contributed by atoms with Crippen LogP contribution in [-0.4, -0.2) is 59.8 Å². The number of piperidine rings is 1. The minimum Gasteiger partial charge on any atom is -0.353 e. The summed E-state index contributed by atoms with van der Waals surface area (Å²) >= 11 is 0. The van der Waals surface area contributed by atoms with E-state index in [0.29, 0.717) is 12.5 Å². The quantitative estimate of drug-likeness (QED) is 0.901. The number of rotatable bonds is 4. The number of likely N-dealkylation sites (N-methyl/N-ethyl adjacent to an activating group) is 1. The van der Waals surface area contributed by atoms with E-state index in [4.69, 9.17) is 0 Å². The second-order valence-electron chi connectivity index (χ2n) is 6.33. The molecule has 1 aromatic rings. The molecule has 0 bridgehead atoms. The number of hydrogen-bond acceptors (Lipinski definition) is 5. The highest BCUT2D eigenvalue weighted by atomic mass is 16.2. The Morgan fingerprint density at radius 1 is 1.45 bits per heavy atom. The molecule has 1 N–H and O–H groups in total. The van der Waals surface area contributed by atoms with Crippen LogP contribution >= 0.6 is 0 Å². The van der Waals surface area contributed by atoms with E-state index in [1.165, 1.54) is 6.42 Å². The lowest BCUT2D eigenvalue weighted by atomic mass is 10.0. The summed E-state index contributed by atoms with van der Waals surface area (Å²) in [7, 11) is 1.95. The van der Waals surface area contributed by atoms with Crippen molar-refractivity contribution in [3.63, 3.8) is 0 Å². The Morgan fingerprint density at radius 3 is 3.09 bits per heavy atom. The van der Waals surface area contributed by atoms with Gasteiger partial charge in [-0.1, -0.05) is 0 Å². The zero-order chi connectivity index (χ0) is 15.4. The van der Waals surface area contributed by atoms with Crippen molar-refractivity contribution in [2.24, 2.45) is 0 Å². The van der Waals surface area contributed by atoms with Crippen molar-refractivity contribution >= 4 is 11.7 Å². The maximum Gasteiger partial charge on any atom is 0.224 e. The first-order chi connectivity index (χ1) is 10.7. The van der Waals surface area contributed by atoms with Crippen LogP contribution in [0, 0.1) is 0 Å². The Bertz CT molecular complexity index is 489. The minimum absolute atomic E-state index is 0.255. The van der Waals surface area contributed by atoms with Crippen LogP contribution in [-0.2, 0) is 4.79 Å². The summed E-state index contributed by atoms with van der Waals surface area (Å²) in [6.07, 6.45) is 6.77. The van der Waals surface area contributed by atoms with Crippen LogP contribution in [0.5, 0.6) is 0 Å². The van der Waals surface area contributed by atoms with Gasteiger partial charge in [0.05, 0.1) is 0 Å². The predicted molar refractivity (Wildman–Crippen MR) is 85.7 cm³/mol. The van der Waals surface area contributed by atoms with Gasteiger partial charge in [0, 0.05) is 44.8 Å². The molecule has 22 heavy (non-hydrogen) atoms. The van der Waals surface area contributed by atoms with Gasteiger partial charge in [-0.2, -0.15) is 5.10 Å². The molecule has 2 unspecified atom stereocenters. The highest BCUT2D eigenvalue weighted by molar-refractivity contribution is 5.77. The second-order valence-corrected chi connectivity index (χ2v) is 6.33. The molecular formula is C16H25N5O. The maximum atomic E-state index is 12.5. The molecule has 3 rings (SSSR count). The van der Waals surface area contributed by atoms with Crippen LogP contribution in [0.4, 0.5) is 5.82 Å². The van der Waals surface area contributed by atoms with Gasteiger partial charge in [0.1, 0.15) is 0 Å². The van der Waals surface area contributed by atoms with E-state index in [2.05, 4.69) is 20.4 Å². The molecule has 3 heterocycles. The van der Waals surface area contributed by atoms with Gasteiger partial charge in [-0.15, -0.1) is 5.10 Å². The van der Waals surface area contributed by atoms with Crippen LogP contribution < -0.4 is 10.2 Å². The monoisotopic (exact) mass is 303 g/mol. The van der Waals surface area contributed by atoms with E-state index in [-0.39, 0.29) is 11.9 Å². The molecule has 1 amide bonds. The third kappa shape index (κ3) is 3.55. The van der Waals surface area contributed by atoms with E-state index in [9.17, 15) is 4.79 Å². The van der Waals surface area contributed by atoms with Crippen molar-refractivity contribution in [1.29, 1.82) is 0 Å². The van der Waals surface area contributed by atoms with Crippen LogP contribution in [0.1, 0.15) is 32.1 Å². The standard InChI is InChI=1S/C16H25N5O/c1-20(16(22)11-13-5-2-8-17-13)14-6-4-10-21(12-14)15-7-3-9-18-19-15/h3,7,9,13-14,17H,2,4-6,8,10-12H2,1H3. The molecule has 0 aliphatic carbocycles. The first-order valence-electron chi connectivity index (χ1n) is 8.26. The minimum atomic E-state index is 0.255. The number of carbonyl (C=O) groups excluding carboxylic acids is 1. The summed E-state index contributed by atoms with van der Waals surface area (Å²) in [5.41, 5.74) is 0. The van der Waals surface area contributed by atoms with Crippen LogP contribution in [0.15, 0.2) is 18.3 Å². The molecule has 6 heteroatoms. The molecule has 0 aromatic carbocycles. The molecule has 2 saturated heterocycles. The summed E-state index contributed by atoms with van der Waals surface area (Å²) in [4.78, 5) is 16.7. The number of hydrogen-bond donors (Lipinski definition) is 1. The van der Waals surface area contributed by atoms with Gasteiger partial charge < -0.3 is 15.1 Å². The largest absolute Gasteiger partial charge is 0.353 e. The lowest BCUT2D eigenvalue weighted by Crippen LogP contribution is -2.49. The molecule has 1 aromatic heterocycles. The number of carbonyl (C=O) groups is 1. The number of aromatic nitrogens is 2. The Hall–Kier alpha value is -1.69. The molecule has 0 radical (unpaired) electrons. The fourth-order valence-electron chi connectivity index (χ4n) is 3.43. The summed E-state index contributed by atoms with van der Waals surface area (Å²) in [5, 5.41) is 11.5. The van der Waals surface area contributed by atoms with Crippen molar-refractivity contribution in [2.75, 3.05) is 31.6 Å². The molecule has 2 fully saturated rings. The Balaban J connectivity index is 1.57. The summed E-state index contributed by atoms with van der Waals surface area (Å²) in [6.45, 7) is 2.88. The lowest BCUT2D eigenvalue weighted by molar-refractivity contribution is -0.132. The molecule has 2 atom stereocenters. The van der Waals surface area contributed by atoms with Crippen molar-refractivity contribution in [3.05, 3.63) is 18.3 Å². The van der Waals surface area contributed by atoms with E-state index in [1.54, 1.807) is 6.20 Å². The smallest absolute Gasteiger partial charge is 0.224 e. The van der Waals surface area contributed by atoms with Gasteiger partial charge in [0.15, 0.2) is 5.82 Å². The normalized spacial score (nSPS) is 25.2. The SMILES string of the molecule is CN(C(=O)CC1CCCN1)C1CCCN(c2cccnn2)C1. The molecule has 2 aliphatic heterocycles. The Labute approximate surface area is 131 Å². The van der Waals surface area contributed by atoms with E-state index >= 15 is 0 Å². The van der Waals surface area contributed by atoms with Crippen molar-refractivity contribution in [2.45, 2.75) is 44.2 Å². The van der Waals surface area contributed by atoms with E-state index in [0.717, 1.165) is 44.7 Å². The highest BCUT2D eigenvalue weighted by Gasteiger charge is 2.28. The van der Waals surface area contributed by atoms with Gasteiger partial charge in [0.25, 0.3) is 0 Å². The number of nitrogens with one attached hydrogen (secondary N) is 1. The number of anilines is 1. The molecule has 6 nitrogen and oxygen atoms in total. The van der Waals surface area contributed by atoms with E-state index in [1.807, 2.05) is 24.1 Å². The Morgan fingerprint density at radius 2 is 2.36 bits per heavy atom. The van der Waals surface area contributed by atoms with E-state index < -0.39 is 0 Å². The van der Waals surface area contributed by atoms with Gasteiger partial charge in [-0.25, -0.2) is 0 Å². The van der Waals surface area contributed by atoms with Crippen molar-refractivity contribution in [1.82, 2.24) is 20.4 Å². The molecular weight excluding hydrogens is 278 g/mol.